The molecule has 0 bridgehead atoms. The standard InChI is InChI=1S/C10H18F2/c1-5-6(2)10(12)8(4)7(3)9(5)11/h5-10H,1-4H3. The SMILES string of the molecule is CC1C(C)C(F)C(C)C(C)C1F. The van der Waals surface area contributed by atoms with Crippen molar-refractivity contribution in [2.75, 3.05) is 0 Å². The predicted octanol–water partition coefficient (Wildman–Crippen LogP) is 3.22. The third kappa shape index (κ3) is 1.36. The summed E-state index contributed by atoms with van der Waals surface area (Å²) in [6, 6.07) is 0. The van der Waals surface area contributed by atoms with Gasteiger partial charge < -0.3 is 0 Å². The van der Waals surface area contributed by atoms with Gasteiger partial charge in [0, 0.05) is 0 Å². The van der Waals surface area contributed by atoms with E-state index in [1.54, 1.807) is 0 Å². The second-order valence-corrected chi connectivity index (χ2v) is 4.33. The maximum absolute atomic E-state index is 13.5. The Morgan fingerprint density at radius 3 is 0.917 bits per heavy atom. The molecule has 0 aliphatic heterocycles. The van der Waals surface area contributed by atoms with Crippen molar-refractivity contribution >= 4 is 0 Å². The summed E-state index contributed by atoms with van der Waals surface area (Å²) >= 11 is 0. The molecule has 72 valence electrons. The fraction of sp³-hybridized carbons (Fsp3) is 1.00. The second kappa shape index (κ2) is 3.31. The van der Waals surface area contributed by atoms with Crippen molar-refractivity contribution in [1.82, 2.24) is 0 Å². The van der Waals surface area contributed by atoms with Gasteiger partial charge >= 0.3 is 0 Å². The van der Waals surface area contributed by atoms with Crippen LogP contribution in [0, 0.1) is 23.7 Å². The highest BCUT2D eigenvalue weighted by atomic mass is 19.1. The van der Waals surface area contributed by atoms with Gasteiger partial charge in [-0.05, 0) is 23.7 Å². The summed E-state index contributed by atoms with van der Waals surface area (Å²) in [7, 11) is 0. The summed E-state index contributed by atoms with van der Waals surface area (Å²) in [4.78, 5) is 0. The first-order chi connectivity index (χ1) is 5.46. The molecule has 0 heterocycles. The molecule has 1 aliphatic rings. The van der Waals surface area contributed by atoms with Crippen LogP contribution in [0.2, 0.25) is 0 Å². The van der Waals surface area contributed by atoms with Crippen molar-refractivity contribution in [2.45, 2.75) is 40.0 Å². The maximum atomic E-state index is 13.5. The van der Waals surface area contributed by atoms with Gasteiger partial charge in [-0.2, -0.15) is 0 Å². The highest BCUT2D eigenvalue weighted by Gasteiger charge is 2.43. The Morgan fingerprint density at radius 1 is 0.583 bits per heavy atom. The third-order valence-corrected chi connectivity index (χ3v) is 3.67. The third-order valence-electron chi connectivity index (χ3n) is 3.67. The van der Waals surface area contributed by atoms with Gasteiger partial charge in [0.25, 0.3) is 0 Å². The first kappa shape index (κ1) is 9.94. The lowest BCUT2D eigenvalue weighted by atomic mass is 9.68. The molecule has 0 aromatic rings. The number of rotatable bonds is 0. The number of halogens is 2. The molecule has 0 amide bonds. The minimum Gasteiger partial charge on any atom is -0.247 e. The van der Waals surface area contributed by atoms with Crippen LogP contribution in [0.4, 0.5) is 8.78 Å². The van der Waals surface area contributed by atoms with Crippen molar-refractivity contribution in [3.63, 3.8) is 0 Å². The van der Waals surface area contributed by atoms with E-state index in [4.69, 9.17) is 0 Å². The molecule has 0 radical (unpaired) electrons. The van der Waals surface area contributed by atoms with E-state index < -0.39 is 12.3 Å². The van der Waals surface area contributed by atoms with Crippen molar-refractivity contribution in [3.05, 3.63) is 0 Å². The van der Waals surface area contributed by atoms with E-state index in [2.05, 4.69) is 0 Å². The first-order valence-electron chi connectivity index (χ1n) is 4.75. The summed E-state index contributed by atoms with van der Waals surface area (Å²) in [5.41, 5.74) is 0. The molecule has 0 spiro atoms. The van der Waals surface area contributed by atoms with E-state index in [0.717, 1.165) is 0 Å². The van der Waals surface area contributed by atoms with Crippen LogP contribution in [0.3, 0.4) is 0 Å². The number of hydrogen-bond donors (Lipinski definition) is 0. The molecule has 0 N–H and O–H groups in total. The van der Waals surface area contributed by atoms with Crippen LogP contribution in [0.25, 0.3) is 0 Å². The van der Waals surface area contributed by atoms with Crippen molar-refractivity contribution < 1.29 is 8.78 Å². The van der Waals surface area contributed by atoms with Crippen LogP contribution in [0.5, 0.6) is 0 Å². The molecular formula is C10H18F2. The molecule has 4 atom stereocenters. The minimum absolute atomic E-state index is 0.133. The molecular weight excluding hydrogens is 158 g/mol. The maximum Gasteiger partial charge on any atom is 0.106 e. The Morgan fingerprint density at radius 2 is 0.750 bits per heavy atom. The average Bonchev–Trinajstić information content (AvgIpc) is 2.08. The molecule has 1 aliphatic carbocycles. The Hall–Kier alpha value is -0.140. The Balaban J connectivity index is 2.76. The number of hydrogen-bond acceptors (Lipinski definition) is 0. The summed E-state index contributed by atoms with van der Waals surface area (Å²) in [5.74, 6) is -0.533. The van der Waals surface area contributed by atoms with Crippen molar-refractivity contribution in [2.24, 2.45) is 23.7 Å². The highest BCUT2D eigenvalue weighted by molar-refractivity contribution is 4.91. The normalized spacial score (nSPS) is 55.5. The zero-order chi connectivity index (χ0) is 9.46. The van der Waals surface area contributed by atoms with Gasteiger partial charge in [0.2, 0.25) is 0 Å². The van der Waals surface area contributed by atoms with Gasteiger partial charge in [-0.15, -0.1) is 0 Å². The van der Waals surface area contributed by atoms with Crippen LogP contribution in [-0.4, -0.2) is 12.3 Å². The van der Waals surface area contributed by atoms with Gasteiger partial charge in [-0.1, -0.05) is 27.7 Å². The average molecular weight is 176 g/mol. The second-order valence-electron chi connectivity index (χ2n) is 4.33. The van der Waals surface area contributed by atoms with Crippen LogP contribution >= 0.6 is 0 Å². The summed E-state index contributed by atoms with van der Waals surface area (Å²) in [6.45, 7) is 7.24. The van der Waals surface area contributed by atoms with Crippen LogP contribution in [0.1, 0.15) is 27.7 Å². The predicted molar refractivity (Wildman–Crippen MR) is 46.4 cm³/mol. The van der Waals surface area contributed by atoms with Crippen molar-refractivity contribution in [1.29, 1.82) is 0 Å². The first-order valence-corrected chi connectivity index (χ1v) is 4.75. The van der Waals surface area contributed by atoms with E-state index in [-0.39, 0.29) is 23.7 Å². The lowest BCUT2D eigenvalue weighted by molar-refractivity contribution is -0.0261. The van der Waals surface area contributed by atoms with Crippen LogP contribution in [-0.2, 0) is 0 Å². The van der Waals surface area contributed by atoms with Gasteiger partial charge in [-0.3, -0.25) is 0 Å². The largest absolute Gasteiger partial charge is 0.247 e. The topological polar surface area (TPSA) is 0 Å². The molecule has 0 aromatic carbocycles. The Bertz CT molecular complexity index is 99.4. The smallest absolute Gasteiger partial charge is 0.106 e. The van der Waals surface area contributed by atoms with E-state index in [1.165, 1.54) is 0 Å². The van der Waals surface area contributed by atoms with E-state index in [1.807, 2.05) is 27.7 Å². The molecule has 2 heteroatoms. The van der Waals surface area contributed by atoms with Crippen LogP contribution in [0.15, 0.2) is 0 Å². The summed E-state index contributed by atoms with van der Waals surface area (Å²) in [5, 5.41) is 0. The van der Waals surface area contributed by atoms with Gasteiger partial charge in [0.15, 0.2) is 0 Å². The molecule has 0 saturated heterocycles. The van der Waals surface area contributed by atoms with Gasteiger partial charge in [0.1, 0.15) is 12.3 Å². The van der Waals surface area contributed by atoms with Gasteiger partial charge in [-0.25, -0.2) is 8.78 Å². The van der Waals surface area contributed by atoms with Crippen LogP contribution < -0.4 is 0 Å². The van der Waals surface area contributed by atoms with Crippen molar-refractivity contribution in [3.8, 4) is 0 Å². The molecule has 12 heavy (non-hydrogen) atoms. The Labute approximate surface area is 73.3 Å². The zero-order valence-corrected chi connectivity index (χ0v) is 8.22. The molecule has 1 rings (SSSR count). The molecule has 0 aromatic heterocycles. The van der Waals surface area contributed by atoms with E-state index in [0.29, 0.717) is 0 Å². The summed E-state index contributed by atoms with van der Waals surface area (Å²) in [6.07, 6.45) is -1.66. The fourth-order valence-electron chi connectivity index (χ4n) is 2.12. The highest BCUT2D eigenvalue weighted by Crippen LogP contribution is 2.40. The molecule has 4 unspecified atom stereocenters. The lowest BCUT2D eigenvalue weighted by Gasteiger charge is -2.41. The Kier molecular flexibility index (Phi) is 2.74. The zero-order valence-electron chi connectivity index (χ0n) is 8.22. The lowest BCUT2D eigenvalue weighted by Crippen LogP contribution is -2.44. The van der Waals surface area contributed by atoms with E-state index >= 15 is 0 Å². The van der Waals surface area contributed by atoms with Gasteiger partial charge in [0.05, 0.1) is 0 Å². The molecule has 1 fully saturated rings. The quantitative estimate of drug-likeness (QED) is 0.531. The molecule has 0 nitrogen and oxygen atoms in total. The van der Waals surface area contributed by atoms with E-state index in [9.17, 15) is 8.78 Å². The minimum atomic E-state index is -0.831. The monoisotopic (exact) mass is 176 g/mol. The number of alkyl halides is 2. The fourth-order valence-corrected chi connectivity index (χ4v) is 2.12. The summed E-state index contributed by atoms with van der Waals surface area (Å²) < 4.78 is 27.0. The molecule has 1 saturated carbocycles.